The van der Waals surface area contributed by atoms with Gasteiger partial charge in [-0.2, -0.15) is 5.10 Å². The van der Waals surface area contributed by atoms with Gasteiger partial charge in [-0.25, -0.2) is 19.2 Å². The van der Waals surface area contributed by atoms with Crippen molar-refractivity contribution in [1.29, 1.82) is 0 Å². The third kappa shape index (κ3) is 7.90. The van der Waals surface area contributed by atoms with E-state index < -0.39 is 29.9 Å². The number of esters is 1. The van der Waals surface area contributed by atoms with E-state index in [0.29, 0.717) is 0 Å². The number of ether oxygens (including phenoxy) is 1. The number of aromatic nitrogens is 2. The average Bonchev–Trinajstić information content (AvgIpc) is 2.36. The first kappa shape index (κ1) is 19.9. The third-order valence-corrected chi connectivity index (χ3v) is 2.37. The molecule has 1 rings (SSSR count). The minimum absolute atomic E-state index is 0.123. The van der Waals surface area contributed by atoms with Crippen LogP contribution in [0, 0.1) is 5.82 Å². The smallest absolute Gasteiger partial charge is 0.355 e. The number of nitrogens with zero attached hydrogens (tertiary/aromatic N) is 4. The van der Waals surface area contributed by atoms with Crippen molar-refractivity contribution < 1.29 is 29.2 Å². The van der Waals surface area contributed by atoms with Crippen molar-refractivity contribution in [3.05, 3.63) is 24.0 Å². The van der Waals surface area contributed by atoms with Gasteiger partial charge in [-0.05, 0) is 20.8 Å². The van der Waals surface area contributed by atoms with E-state index in [9.17, 15) is 9.18 Å². The SMILES string of the molecule is CN(CC(O)(O)O)/N=C(\Cc1ncc(F)cn1)C(=O)OC(C)(C)C. The van der Waals surface area contributed by atoms with E-state index in [1.54, 1.807) is 20.8 Å². The summed E-state index contributed by atoms with van der Waals surface area (Å²) in [7, 11) is 1.31. The Morgan fingerprint density at radius 1 is 1.29 bits per heavy atom. The van der Waals surface area contributed by atoms with Crippen molar-refractivity contribution in [3.63, 3.8) is 0 Å². The van der Waals surface area contributed by atoms with Gasteiger partial charge >= 0.3 is 5.97 Å². The van der Waals surface area contributed by atoms with Crippen molar-refractivity contribution in [2.24, 2.45) is 5.10 Å². The zero-order valence-corrected chi connectivity index (χ0v) is 13.9. The fourth-order valence-corrected chi connectivity index (χ4v) is 1.61. The van der Waals surface area contributed by atoms with E-state index in [0.717, 1.165) is 17.4 Å². The van der Waals surface area contributed by atoms with Crippen molar-refractivity contribution in [1.82, 2.24) is 15.0 Å². The van der Waals surface area contributed by atoms with E-state index in [1.807, 2.05) is 0 Å². The maximum Gasteiger partial charge on any atom is 0.355 e. The summed E-state index contributed by atoms with van der Waals surface area (Å²) in [6.45, 7) is 4.33. The summed E-state index contributed by atoms with van der Waals surface area (Å²) < 4.78 is 18.1. The highest BCUT2D eigenvalue weighted by molar-refractivity contribution is 6.36. The second-order valence-electron chi connectivity index (χ2n) is 6.13. The largest absolute Gasteiger partial charge is 0.455 e. The van der Waals surface area contributed by atoms with Crippen molar-refractivity contribution >= 4 is 11.7 Å². The lowest BCUT2D eigenvalue weighted by Crippen LogP contribution is -2.40. The van der Waals surface area contributed by atoms with Crippen LogP contribution in [0.2, 0.25) is 0 Å². The number of carbonyl (C=O) groups is 1. The van der Waals surface area contributed by atoms with E-state index in [4.69, 9.17) is 20.1 Å². The van der Waals surface area contributed by atoms with Crippen LogP contribution in [0.5, 0.6) is 0 Å². The first-order chi connectivity index (χ1) is 10.9. The fourth-order valence-electron chi connectivity index (χ4n) is 1.61. The van der Waals surface area contributed by atoms with Crippen LogP contribution in [0.3, 0.4) is 0 Å². The summed E-state index contributed by atoms with van der Waals surface area (Å²) in [5.41, 5.74) is -0.933. The third-order valence-electron chi connectivity index (χ3n) is 2.37. The minimum Gasteiger partial charge on any atom is -0.455 e. The Morgan fingerprint density at radius 3 is 2.29 bits per heavy atom. The molecule has 0 aliphatic rings. The van der Waals surface area contributed by atoms with Gasteiger partial charge < -0.3 is 20.1 Å². The van der Waals surface area contributed by atoms with Gasteiger partial charge in [0, 0.05) is 7.05 Å². The summed E-state index contributed by atoms with van der Waals surface area (Å²) >= 11 is 0. The molecule has 0 aromatic carbocycles. The molecule has 0 bridgehead atoms. The quantitative estimate of drug-likeness (QED) is 0.271. The second-order valence-corrected chi connectivity index (χ2v) is 6.13. The van der Waals surface area contributed by atoms with Crippen molar-refractivity contribution in [3.8, 4) is 0 Å². The molecule has 24 heavy (non-hydrogen) atoms. The zero-order chi connectivity index (χ0) is 18.5. The van der Waals surface area contributed by atoms with E-state index >= 15 is 0 Å². The molecule has 0 saturated heterocycles. The van der Waals surface area contributed by atoms with Crippen LogP contribution >= 0.6 is 0 Å². The Bertz CT molecular complexity index is 593. The Kier molecular flexibility index (Phi) is 6.29. The molecule has 0 saturated carbocycles. The molecule has 0 atom stereocenters. The lowest BCUT2D eigenvalue weighted by Gasteiger charge is -2.23. The number of rotatable bonds is 6. The van der Waals surface area contributed by atoms with E-state index in [-0.39, 0.29) is 18.0 Å². The molecule has 0 amide bonds. The molecule has 0 radical (unpaired) electrons. The highest BCUT2D eigenvalue weighted by Gasteiger charge is 2.25. The van der Waals surface area contributed by atoms with Crippen molar-refractivity contribution in [2.45, 2.75) is 38.8 Å². The van der Waals surface area contributed by atoms with Gasteiger partial charge in [-0.1, -0.05) is 0 Å². The molecule has 10 heteroatoms. The summed E-state index contributed by atoms with van der Waals surface area (Å²) in [6.07, 6.45) is 1.72. The molecule has 9 nitrogen and oxygen atoms in total. The molecular weight excluding hydrogens is 323 g/mol. The van der Waals surface area contributed by atoms with Gasteiger partial charge in [-0.15, -0.1) is 0 Å². The summed E-state index contributed by atoms with van der Waals surface area (Å²) in [5.74, 6) is -4.26. The molecule has 1 aromatic heterocycles. The van der Waals surface area contributed by atoms with Gasteiger partial charge in [0.15, 0.2) is 11.5 Å². The first-order valence-corrected chi connectivity index (χ1v) is 7.01. The highest BCUT2D eigenvalue weighted by Crippen LogP contribution is 2.10. The molecule has 0 aliphatic heterocycles. The number of hydrogen-bond acceptors (Lipinski definition) is 9. The Balaban J connectivity index is 3.01. The van der Waals surface area contributed by atoms with Crippen LogP contribution in [-0.4, -0.2) is 67.1 Å². The normalized spacial score (nSPS) is 12.9. The number of hydrazone groups is 1. The molecule has 1 aromatic rings. The van der Waals surface area contributed by atoms with Gasteiger partial charge in [0.2, 0.25) is 0 Å². The molecule has 3 N–H and O–H groups in total. The lowest BCUT2D eigenvalue weighted by molar-refractivity contribution is -0.316. The number of aliphatic hydroxyl groups is 3. The van der Waals surface area contributed by atoms with Gasteiger partial charge in [0.1, 0.15) is 18.0 Å². The summed E-state index contributed by atoms with van der Waals surface area (Å²) in [4.78, 5) is 19.7. The Morgan fingerprint density at radius 2 is 1.83 bits per heavy atom. The lowest BCUT2D eigenvalue weighted by atomic mass is 10.2. The zero-order valence-electron chi connectivity index (χ0n) is 13.9. The topological polar surface area (TPSA) is 128 Å². The van der Waals surface area contributed by atoms with Crippen LogP contribution in [0.4, 0.5) is 4.39 Å². The predicted octanol–water partition coefficient (Wildman–Crippen LogP) is -0.582. The highest BCUT2D eigenvalue weighted by atomic mass is 19.1. The van der Waals surface area contributed by atoms with Crippen LogP contribution < -0.4 is 0 Å². The maximum absolute atomic E-state index is 12.9. The van der Waals surface area contributed by atoms with Gasteiger partial charge in [0.25, 0.3) is 5.97 Å². The Labute approximate surface area is 138 Å². The molecule has 134 valence electrons. The number of halogens is 1. The average molecular weight is 344 g/mol. The second kappa shape index (κ2) is 7.60. The van der Waals surface area contributed by atoms with Crippen LogP contribution in [0.25, 0.3) is 0 Å². The monoisotopic (exact) mass is 344 g/mol. The van der Waals surface area contributed by atoms with Crippen LogP contribution in [0.1, 0.15) is 26.6 Å². The maximum atomic E-state index is 12.9. The molecule has 0 spiro atoms. The summed E-state index contributed by atoms with van der Waals surface area (Å²) in [5, 5.41) is 31.7. The van der Waals surface area contributed by atoms with Gasteiger partial charge in [-0.3, -0.25) is 5.01 Å². The van der Waals surface area contributed by atoms with Crippen molar-refractivity contribution in [2.75, 3.05) is 13.6 Å². The first-order valence-electron chi connectivity index (χ1n) is 7.01. The van der Waals surface area contributed by atoms with Gasteiger partial charge in [0.05, 0.1) is 18.8 Å². The molecule has 1 heterocycles. The molecule has 0 aliphatic carbocycles. The number of hydrogen-bond donors (Lipinski definition) is 3. The number of likely N-dealkylation sites (N-methyl/N-ethyl adjacent to an activating group) is 1. The minimum atomic E-state index is -2.98. The van der Waals surface area contributed by atoms with E-state index in [1.165, 1.54) is 7.05 Å². The standard InChI is InChI=1S/C14H21FN4O5/c1-13(2,3)24-12(20)10(18-19(4)8-14(21,22)23)5-11-16-6-9(15)7-17-11/h6-7,21-23H,5,8H2,1-4H3/b18-10+. The predicted molar refractivity (Wildman–Crippen MR) is 81.0 cm³/mol. The Hall–Kier alpha value is -2.17. The molecule has 0 fully saturated rings. The molecular formula is C14H21FN4O5. The van der Waals surface area contributed by atoms with E-state index in [2.05, 4.69) is 15.1 Å². The van der Waals surface area contributed by atoms with Crippen LogP contribution in [0.15, 0.2) is 17.5 Å². The fraction of sp³-hybridized carbons (Fsp3) is 0.571. The summed E-state index contributed by atoms with van der Waals surface area (Å²) in [6, 6.07) is 0. The molecule has 0 unspecified atom stereocenters. The number of carbonyl (C=O) groups excluding carboxylic acids is 1. The van der Waals surface area contributed by atoms with Crippen LogP contribution in [-0.2, 0) is 16.0 Å².